The summed E-state index contributed by atoms with van der Waals surface area (Å²) in [6, 6.07) is 10.7. The molecule has 6 nitrogen and oxygen atoms in total. The molecule has 6 heteroatoms. The summed E-state index contributed by atoms with van der Waals surface area (Å²) >= 11 is 0. The molecule has 1 saturated carbocycles. The van der Waals surface area contributed by atoms with Crippen molar-refractivity contribution in [3.8, 4) is 0 Å². The van der Waals surface area contributed by atoms with E-state index >= 15 is 0 Å². The van der Waals surface area contributed by atoms with E-state index in [0.717, 1.165) is 6.54 Å². The van der Waals surface area contributed by atoms with Crippen LogP contribution in [0.3, 0.4) is 0 Å². The van der Waals surface area contributed by atoms with Gasteiger partial charge in [0.25, 0.3) is 11.8 Å². The number of nitrogens with one attached hydrogen (secondary N) is 3. The molecule has 3 N–H and O–H groups in total. The summed E-state index contributed by atoms with van der Waals surface area (Å²) in [4.78, 5) is 24.4. The zero-order valence-corrected chi connectivity index (χ0v) is 15.5. The normalized spacial score (nSPS) is 15.1. The second kappa shape index (κ2) is 9.92. The Kier molecular flexibility index (Phi) is 7.04. The summed E-state index contributed by atoms with van der Waals surface area (Å²) in [7, 11) is 0. The van der Waals surface area contributed by atoms with Gasteiger partial charge in [-0.1, -0.05) is 31.7 Å². The molecule has 0 spiro atoms. The molecular formula is C21H27N3O3. The predicted octanol–water partition coefficient (Wildman–Crippen LogP) is 3.57. The maximum atomic E-state index is 12.3. The fourth-order valence-corrected chi connectivity index (χ4v) is 3.38. The van der Waals surface area contributed by atoms with E-state index < -0.39 is 0 Å². The number of hydrogen-bond acceptors (Lipinski definition) is 4. The highest BCUT2D eigenvalue weighted by atomic mass is 16.3. The molecule has 0 aliphatic heterocycles. The van der Waals surface area contributed by atoms with Crippen molar-refractivity contribution in [3.05, 3.63) is 54.0 Å². The molecule has 2 amide bonds. The van der Waals surface area contributed by atoms with Crippen LogP contribution in [0.5, 0.6) is 0 Å². The SMILES string of the molecule is O=C(NCCNC1CCCCCC1)c1cccc(NC(=O)c2ccco2)c1. The average molecular weight is 369 g/mol. The molecule has 1 aliphatic carbocycles. The summed E-state index contributed by atoms with van der Waals surface area (Å²) in [6.07, 6.45) is 9.16. The lowest BCUT2D eigenvalue weighted by Gasteiger charge is -2.16. The van der Waals surface area contributed by atoms with E-state index in [0.29, 0.717) is 23.8 Å². The lowest BCUT2D eigenvalue weighted by Crippen LogP contribution is -2.36. The van der Waals surface area contributed by atoms with Crippen molar-refractivity contribution in [1.29, 1.82) is 0 Å². The van der Waals surface area contributed by atoms with Gasteiger partial charge in [-0.25, -0.2) is 0 Å². The van der Waals surface area contributed by atoms with Crippen molar-refractivity contribution in [2.45, 2.75) is 44.6 Å². The monoisotopic (exact) mass is 369 g/mol. The van der Waals surface area contributed by atoms with E-state index in [4.69, 9.17) is 4.42 Å². The highest BCUT2D eigenvalue weighted by Crippen LogP contribution is 2.17. The molecule has 0 saturated heterocycles. The molecule has 1 aliphatic rings. The Morgan fingerprint density at radius 1 is 0.963 bits per heavy atom. The third kappa shape index (κ3) is 5.96. The third-order valence-electron chi connectivity index (χ3n) is 4.83. The van der Waals surface area contributed by atoms with Crippen LogP contribution in [0, 0.1) is 0 Å². The molecular weight excluding hydrogens is 342 g/mol. The first-order valence-corrected chi connectivity index (χ1v) is 9.69. The van der Waals surface area contributed by atoms with Gasteiger partial charge < -0.3 is 20.4 Å². The molecule has 27 heavy (non-hydrogen) atoms. The number of benzene rings is 1. The highest BCUT2D eigenvalue weighted by molar-refractivity contribution is 6.03. The maximum absolute atomic E-state index is 12.3. The van der Waals surface area contributed by atoms with Gasteiger partial charge in [0.2, 0.25) is 0 Å². The minimum Gasteiger partial charge on any atom is -0.459 e. The average Bonchev–Trinajstić information content (AvgIpc) is 3.10. The topological polar surface area (TPSA) is 83.4 Å². The second-order valence-corrected chi connectivity index (χ2v) is 6.91. The number of amides is 2. The quantitative estimate of drug-likeness (QED) is 0.515. The van der Waals surface area contributed by atoms with Crippen molar-refractivity contribution in [1.82, 2.24) is 10.6 Å². The number of carbonyl (C=O) groups is 2. The van der Waals surface area contributed by atoms with Crippen molar-refractivity contribution < 1.29 is 14.0 Å². The van der Waals surface area contributed by atoms with Gasteiger partial charge in [-0.2, -0.15) is 0 Å². The van der Waals surface area contributed by atoms with Gasteiger partial charge in [-0.15, -0.1) is 0 Å². The number of hydrogen-bond donors (Lipinski definition) is 3. The summed E-state index contributed by atoms with van der Waals surface area (Å²) in [5.41, 5.74) is 1.07. The Morgan fingerprint density at radius 2 is 1.78 bits per heavy atom. The summed E-state index contributed by atoms with van der Waals surface area (Å²) < 4.78 is 5.07. The first kappa shape index (κ1) is 19.2. The van der Waals surface area contributed by atoms with Crippen molar-refractivity contribution in [2.75, 3.05) is 18.4 Å². The van der Waals surface area contributed by atoms with Crippen LogP contribution in [0.25, 0.3) is 0 Å². The first-order valence-electron chi connectivity index (χ1n) is 9.69. The van der Waals surface area contributed by atoms with Gasteiger partial charge in [-0.05, 0) is 43.2 Å². The second-order valence-electron chi connectivity index (χ2n) is 6.91. The number of furan rings is 1. The molecule has 0 radical (unpaired) electrons. The molecule has 144 valence electrons. The summed E-state index contributed by atoms with van der Waals surface area (Å²) in [5.74, 6) is -0.258. The molecule has 3 rings (SSSR count). The van der Waals surface area contributed by atoms with Gasteiger partial charge in [0, 0.05) is 30.4 Å². The van der Waals surface area contributed by atoms with Crippen LogP contribution >= 0.6 is 0 Å². The maximum Gasteiger partial charge on any atom is 0.291 e. The van der Waals surface area contributed by atoms with Crippen molar-refractivity contribution in [3.63, 3.8) is 0 Å². The smallest absolute Gasteiger partial charge is 0.291 e. The Bertz CT molecular complexity index is 735. The Balaban J connectivity index is 1.44. The molecule has 2 aromatic rings. The molecule has 0 bridgehead atoms. The van der Waals surface area contributed by atoms with E-state index in [1.165, 1.54) is 44.8 Å². The van der Waals surface area contributed by atoms with Gasteiger partial charge in [0.1, 0.15) is 0 Å². The molecule has 0 atom stereocenters. The minimum absolute atomic E-state index is 0.147. The zero-order valence-electron chi connectivity index (χ0n) is 15.5. The lowest BCUT2D eigenvalue weighted by atomic mass is 10.1. The molecule has 0 unspecified atom stereocenters. The zero-order chi connectivity index (χ0) is 18.9. The van der Waals surface area contributed by atoms with Crippen LogP contribution < -0.4 is 16.0 Å². The van der Waals surface area contributed by atoms with Gasteiger partial charge in [-0.3, -0.25) is 9.59 Å². The fraction of sp³-hybridized carbons (Fsp3) is 0.429. The number of carbonyl (C=O) groups excluding carboxylic acids is 2. The van der Waals surface area contributed by atoms with E-state index in [-0.39, 0.29) is 17.6 Å². The van der Waals surface area contributed by atoms with Crippen LogP contribution in [0.4, 0.5) is 5.69 Å². The van der Waals surface area contributed by atoms with Gasteiger partial charge in [0.05, 0.1) is 6.26 Å². The minimum atomic E-state index is -0.342. The van der Waals surface area contributed by atoms with Crippen molar-refractivity contribution in [2.24, 2.45) is 0 Å². The van der Waals surface area contributed by atoms with E-state index in [9.17, 15) is 9.59 Å². The predicted molar refractivity (Wildman–Crippen MR) is 105 cm³/mol. The van der Waals surface area contributed by atoms with Crippen LogP contribution in [-0.2, 0) is 0 Å². The Morgan fingerprint density at radius 3 is 2.52 bits per heavy atom. The van der Waals surface area contributed by atoms with E-state index in [2.05, 4.69) is 16.0 Å². The fourth-order valence-electron chi connectivity index (χ4n) is 3.38. The molecule has 1 aromatic heterocycles. The molecule has 1 aromatic carbocycles. The largest absolute Gasteiger partial charge is 0.459 e. The first-order chi connectivity index (χ1) is 13.2. The van der Waals surface area contributed by atoms with Crippen LogP contribution in [0.1, 0.15) is 59.4 Å². The number of rotatable bonds is 7. The number of anilines is 1. The van der Waals surface area contributed by atoms with Gasteiger partial charge in [0.15, 0.2) is 5.76 Å². The van der Waals surface area contributed by atoms with Gasteiger partial charge >= 0.3 is 0 Å². The highest BCUT2D eigenvalue weighted by Gasteiger charge is 2.12. The Labute approximate surface area is 159 Å². The third-order valence-corrected chi connectivity index (χ3v) is 4.83. The molecule has 1 heterocycles. The standard InChI is InChI=1S/C21H27N3O3/c25-20(23-13-12-22-17-8-3-1-2-4-9-17)16-7-5-10-18(15-16)24-21(26)19-11-6-14-27-19/h5-7,10-11,14-15,17,22H,1-4,8-9,12-13H2,(H,23,25)(H,24,26). The van der Waals surface area contributed by atoms with E-state index in [1.54, 1.807) is 36.4 Å². The summed E-state index contributed by atoms with van der Waals surface area (Å²) in [5, 5.41) is 9.20. The van der Waals surface area contributed by atoms with Crippen molar-refractivity contribution >= 4 is 17.5 Å². The molecule has 1 fully saturated rings. The van der Waals surface area contributed by atoms with Crippen LogP contribution in [0.2, 0.25) is 0 Å². The van der Waals surface area contributed by atoms with Crippen LogP contribution in [-0.4, -0.2) is 30.9 Å². The van der Waals surface area contributed by atoms with E-state index in [1.807, 2.05) is 0 Å². The van der Waals surface area contributed by atoms with Crippen LogP contribution in [0.15, 0.2) is 47.1 Å². The lowest BCUT2D eigenvalue weighted by molar-refractivity contribution is 0.0951. The summed E-state index contributed by atoms with van der Waals surface area (Å²) in [6.45, 7) is 1.35. The Hall–Kier alpha value is -2.60.